The maximum absolute atomic E-state index is 14.0. The molecule has 0 aromatic heterocycles. The maximum atomic E-state index is 14.0. The van der Waals surface area contributed by atoms with Crippen LogP contribution in [0.2, 0.25) is 0 Å². The van der Waals surface area contributed by atoms with Gasteiger partial charge in [-0.2, -0.15) is 0 Å². The van der Waals surface area contributed by atoms with Crippen molar-refractivity contribution in [1.29, 1.82) is 0 Å². The Morgan fingerprint density at radius 1 is 1.19 bits per heavy atom. The van der Waals surface area contributed by atoms with E-state index in [-0.39, 0.29) is 18.3 Å². The highest BCUT2D eigenvalue weighted by molar-refractivity contribution is 9.10. The number of anilines is 2. The summed E-state index contributed by atoms with van der Waals surface area (Å²) in [6.45, 7) is 0.231. The van der Waals surface area contributed by atoms with Crippen LogP contribution in [0.4, 0.5) is 15.8 Å². The third kappa shape index (κ3) is 2.78. The van der Waals surface area contributed by atoms with E-state index in [9.17, 15) is 9.18 Å². The third-order valence-corrected chi connectivity index (χ3v) is 4.14. The lowest BCUT2D eigenvalue weighted by molar-refractivity contribution is -0.119. The summed E-state index contributed by atoms with van der Waals surface area (Å²) in [5, 5.41) is 0. The van der Waals surface area contributed by atoms with Crippen LogP contribution in [0.5, 0.6) is 0 Å². The van der Waals surface area contributed by atoms with Crippen LogP contribution in [0.1, 0.15) is 17.5 Å². The molecule has 0 spiro atoms. The number of nitrogens with two attached hydrogens (primary N) is 1. The van der Waals surface area contributed by atoms with Crippen LogP contribution < -0.4 is 10.6 Å². The fourth-order valence-corrected chi connectivity index (χ4v) is 2.91. The van der Waals surface area contributed by atoms with Gasteiger partial charge in [0.1, 0.15) is 5.82 Å². The molecule has 3 nitrogen and oxygen atoms in total. The Morgan fingerprint density at radius 2 is 2.00 bits per heavy atom. The predicted molar refractivity (Wildman–Crippen MR) is 84.5 cm³/mol. The van der Waals surface area contributed by atoms with Crippen LogP contribution in [-0.2, 0) is 17.8 Å². The van der Waals surface area contributed by atoms with Crippen molar-refractivity contribution in [1.82, 2.24) is 0 Å². The van der Waals surface area contributed by atoms with Crippen molar-refractivity contribution in [2.24, 2.45) is 0 Å². The Morgan fingerprint density at radius 3 is 2.76 bits per heavy atom. The monoisotopic (exact) mass is 348 g/mol. The van der Waals surface area contributed by atoms with E-state index in [1.54, 1.807) is 23.1 Å². The van der Waals surface area contributed by atoms with Crippen LogP contribution in [-0.4, -0.2) is 5.91 Å². The second-order valence-corrected chi connectivity index (χ2v) is 6.02. The van der Waals surface area contributed by atoms with Gasteiger partial charge in [0, 0.05) is 27.8 Å². The van der Waals surface area contributed by atoms with Crippen molar-refractivity contribution in [2.75, 3.05) is 10.6 Å². The van der Waals surface area contributed by atoms with Crippen molar-refractivity contribution in [3.8, 4) is 0 Å². The summed E-state index contributed by atoms with van der Waals surface area (Å²) in [7, 11) is 0. The van der Waals surface area contributed by atoms with E-state index in [2.05, 4.69) is 15.9 Å². The van der Waals surface area contributed by atoms with Crippen LogP contribution in [0, 0.1) is 5.82 Å². The highest BCUT2D eigenvalue weighted by Gasteiger charge is 2.25. The molecular formula is C16H14BrFN2O. The zero-order chi connectivity index (χ0) is 15.0. The second-order valence-electron chi connectivity index (χ2n) is 5.10. The summed E-state index contributed by atoms with van der Waals surface area (Å²) in [5.74, 6) is -0.311. The number of rotatable bonds is 2. The van der Waals surface area contributed by atoms with Crippen molar-refractivity contribution in [3.05, 3.63) is 57.8 Å². The highest BCUT2D eigenvalue weighted by Crippen LogP contribution is 2.31. The molecule has 0 saturated carbocycles. The number of carbonyl (C=O) groups is 1. The molecule has 2 N–H and O–H groups in total. The smallest absolute Gasteiger partial charge is 0.227 e. The summed E-state index contributed by atoms with van der Waals surface area (Å²) in [6, 6.07) is 10.4. The van der Waals surface area contributed by atoms with Gasteiger partial charge in [-0.25, -0.2) is 4.39 Å². The van der Waals surface area contributed by atoms with Crippen LogP contribution >= 0.6 is 15.9 Å². The average Bonchev–Trinajstić information content (AvgIpc) is 2.44. The predicted octanol–water partition coefficient (Wildman–Crippen LogP) is 3.65. The summed E-state index contributed by atoms with van der Waals surface area (Å²) in [6.07, 6.45) is 1.10. The van der Waals surface area contributed by atoms with E-state index in [0.717, 1.165) is 11.3 Å². The molecule has 3 rings (SSSR count). The molecule has 0 fully saturated rings. The second kappa shape index (κ2) is 5.48. The van der Waals surface area contributed by atoms with Crippen molar-refractivity contribution < 1.29 is 9.18 Å². The number of hydrogen-bond donors (Lipinski definition) is 1. The Hall–Kier alpha value is -1.88. The van der Waals surface area contributed by atoms with Gasteiger partial charge in [-0.15, -0.1) is 0 Å². The Labute approximate surface area is 130 Å². The first kappa shape index (κ1) is 14.1. The summed E-state index contributed by atoms with van der Waals surface area (Å²) >= 11 is 3.23. The van der Waals surface area contributed by atoms with Crippen molar-refractivity contribution in [2.45, 2.75) is 19.4 Å². The van der Waals surface area contributed by atoms with E-state index < -0.39 is 0 Å². The van der Waals surface area contributed by atoms with Gasteiger partial charge in [-0.3, -0.25) is 4.79 Å². The molecule has 1 amide bonds. The van der Waals surface area contributed by atoms with E-state index in [1.807, 2.05) is 12.1 Å². The number of nitrogen functional groups attached to an aromatic ring is 1. The number of benzene rings is 2. The minimum absolute atomic E-state index is 0.00888. The molecule has 0 bridgehead atoms. The first-order valence-corrected chi connectivity index (χ1v) is 7.46. The standard InChI is InChI=1S/C16H14BrFN2O/c17-12-3-1-11(14(18)8-12)9-20-15-5-4-13(19)7-10(15)2-6-16(20)21/h1,3-5,7-8H,2,6,9,19H2. The van der Waals surface area contributed by atoms with E-state index in [1.165, 1.54) is 6.07 Å². The summed E-state index contributed by atoms with van der Waals surface area (Å²) in [5.41, 5.74) is 8.82. The SMILES string of the molecule is Nc1ccc2c(c1)CCC(=O)N2Cc1ccc(Br)cc1F. The molecule has 1 aliphatic heterocycles. The van der Waals surface area contributed by atoms with Gasteiger partial charge in [0.2, 0.25) is 5.91 Å². The maximum Gasteiger partial charge on any atom is 0.227 e. The molecule has 1 heterocycles. The molecule has 21 heavy (non-hydrogen) atoms. The topological polar surface area (TPSA) is 46.3 Å². The largest absolute Gasteiger partial charge is 0.399 e. The van der Waals surface area contributed by atoms with Gasteiger partial charge in [0.05, 0.1) is 6.54 Å². The fourth-order valence-electron chi connectivity index (χ4n) is 2.57. The summed E-state index contributed by atoms with van der Waals surface area (Å²) in [4.78, 5) is 13.8. The minimum atomic E-state index is -0.320. The number of fused-ring (bicyclic) bond motifs is 1. The number of halogens is 2. The molecule has 2 aromatic carbocycles. The average molecular weight is 349 g/mol. The quantitative estimate of drug-likeness (QED) is 0.842. The zero-order valence-electron chi connectivity index (χ0n) is 11.3. The molecule has 5 heteroatoms. The van der Waals surface area contributed by atoms with E-state index in [4.69, 9.17) is 5.73 Å². The molecule has 0 unspecified atom stereocenters. The number of carbonyl (C=O) groups excluding carboxylic acids is 1. The lowest BCUT2D eigenvalue weighted by atomic mass is 9.99. The van der Waals surface area contributed by atoms with Gasteiger partial charge >= 0.3 is 0 Å². The van der Waals surface area contributed by atoms with Gasteiger partial charge in [0.25, 0.3) is 0 Å². The molecule has 0 saturated heterocycles. The minimum Gasteiger partial charge on any atom is -0.399 e. The number of aryl methyl sites for hydroxylation is 1. The molecule has 0 atom stereocenters. The Kier molecular flexibility index (Phi) is 3.68. The molecular weight excluding hydrogens is 335 g/mol. The lowest BCUT2D eigenvalue weighted by Gasteiger charge is -2.30. The van der Waals surface area contributed by atoms with Crippen molar-refractivity contribution in [3.63, 3.8) is 0 Å². The molecule has 108 valence electrons. The van der Waals surface area contributed by atoms with Gasteiger partial charge < -0.3 is 10.6 Å². The van der Waals surface area contributed by atoms with Gasteiger partial charge in [-0.05, 0) is 42.3 Å². The number of nitrogens with zero attached hydrogens (tertiary/aromatic N) is 1. The highest BCUT2D eigenvalue weighted by atomic mass is 79.9. The van der Waals surface area contributed by atoms with E-state index >= 15 is 0 Å². The Bertz CT molecular complexity index is 717. The fraction of sp³-hybridized carbons (Fsp3) is 0.188. The van der Waals surface area contributed by atoms with Gasteiger partial charge in [-0.1, -0.05) is 22.0 Å². The van der Waals surface area contributed by atoms with Crippen molar-refractivity contribution >= 4 is 33.2 Å². The number of hydrogen-bond acceptors (Lipinski definition) is 2. The molecule has 2 aromatic rings. The first-order valence-electron chi connectivity index (χ1n) is 6.67. The molecule has 1 aliphatic rings. The Balaban J connectivity index is 1.96. The normalized spacial score (nSPS) is 14.2. The zero-order valence-corrected chi connectivity index (χ0v) is 12.9. The van der Waals surface area contributed by atoms with Gasteiger partial charge in [0.15, 0.2) is 0 Å². The molecule has 0 radical (unpaired) electrons. The van der Waals surface area contributed by atoms with E-state index in [0.29, 0.717) is 28.6 Å². The molecule has 0 aliphatic carbocycles. The first-order chi connectivity index (χ1) is 10.0. The van der Waals surface area contributed by atoms with Crippen LogP contribution in [0.25, 0.3) is 0 Å². The third-order valence-electron chi connectivity index (χ3n) is 3.65. The van der Waals surface area contributed by atoms with Crippen LogP contribution in [0.3, 0.4) is 0 Å². The lowest BCUT2D eigenvalue weighted by Crippen LogP contribution is -2.34. The summed E-state index contributed by atoms with van der Waals surface area (Å²) < 4.78 is 14.7. The van der Waals surface area contributed by atoms with Crippen LogP contribution in [0.15, 0.2) is 40.9 Å². The number of amides is 1.